The lowest BCUT2D eigenvalue weighted by Gasteiger charge is -2.38. The molecular weight excluding hydrogens is 351 g/mol. The maximum atomic E-state index is 14.5. The highest BCUT2D eigenvalue weighted by atomic mass is 19.1. The number of ketones is 1. The molecule has 27 heavy (non-hydrogen) atoms. The predicted molar refractivity (Wildman–Crippen MR) is 96.7 cm³/mol. The van der Waals surface area contributed by atoms with Gasteiger partial charge in [-0.25, -0.2) is 9.18 Å². The molecule has 6 heteroatoms. The number of carbonyl (C=O) groups is 2. The number of fused-ring (bicyclic) bond motifs is 1. The molecular formula is C21H23FO5. The lowest BCUT2D eigenvalue weighted by Crippen LogP contribution is -2.45. The first-order valence-electron chi connectivity index (χ1n) is 8.94. The zero-order valence-electron chi connectivity index (χ0n) is 15.5. The second-order valence-corrected chi connectivity index (χ2v) is 7.30. The zero-order valence-corrected chi connectivity index (χ0v) is 15.5. The van der Waals surface area contributed by atoms with Crippen LogP contribution in [0.5, 0.6) is 0 Å². The maximum Gasteiger partial charge on any atom is 0.335 e. The summed E-state index contributed by atoms with van der Waals surface area (Å²) in [5.74, 6) is -1.55. The largest absolute Gasteiger partial charge is 0.478 e. The van der Waals surface area contributed by atoms with Gasteiger partial charge in [0.15, 0.2) is 12.6 Å². The van der Waals surface area contributed by atoms with Crippen molar-refractivity contribution in [3.63, 3.8) is 0 Å². The average Bonchev–Trinajstić information content (AvgIpc) is 3.01. The Hall–Kier alpha value is -2.47. The van der Waals surface area contributed by atoms with Gasteiger partial charge in [-0.1, -0.05) is 13.0 Å². The van der Waals surface area contributed by atoms with E-state index in [0.29, 0.717) is 29.7 Å². The SMILES string of the molecule is C=CC[C@H]1C[C@]2([C@@H](C)Cc3cc(C(=O)O)c(C)cc3F)OCOC2=CC1=O. The quantitative estimate of drug-likeness (QED) is 0.767. The van der Waals surface area contributed by atoms with E-state index in [9.17, 15) is 19.1 Å². The maximum absolute atomic E-state index is 14.5. The monoisotopic (exact) mass is 374 g/mol. The fourth-order valence-corrected chi connectivity index (χ4v) is 4.01. The van der Waals surface area contributed by atoms with E-state index in [4.69, 9.17) is 9.47 Å². The van der Waals surface area contributed by atoms with E-state index in [1.807, 2.05) is 6.92 Å². The van der Waals surface area contributed by atoms with Gasteiger partial charge in [-0.3, -0.25) is 4.79 Å². The number of rotatable bonds is 6. The van der Waals surface area contributed by atoms with Crippen LogP contribution in [-0.4, -0.2) is 29.3 Å². The standard InChI is InChI=1S/C21H23FO5/c1-4-5-14-10-21(19(9-18(14)23)26-11-27-21)13(3)7-15-8-16(20(24)25)12(2)6-17(15)22/h4,6,8-9,13-14H,1,5,7,10-11H2,2-3H3,(H,24,25)/t13-,14-,21+/m0/s1. The van der Waals surface area contributed by atoms with Crippen LogP contribution in [0.25, 0.3) is 0 Å². The predicted octanol–water partition coefficient (Wildman–Crippen LogP) is 3.80. The minimum absolute atomic E-state index is 0.0205. The highest BCUT2D eigenvalue weighted by Gasteiger charge is 2.51. The lowest BCUT2D eigenvalue weighted by molar-refractivity contribution is -0.123. The first kappa shape index (κ1) is 19.3. The first-order chi connectivity index (χ1) is 12.8. The van der Waals surface area contributed by atoms with Crippen LogP contribution in [0.3, 0.4) is 0 Å². The molecule has 1 aliphatic carbocycles. The average molecular weight is 374 g/mol. The van der Waals surface area contributed by atoms with Crippen molar-refractivity contribution in [3.8, 4) is 0 Å². The molecule has 5 nitrogen and oxygen atoms in total. The van der Waals surface area contributed by atoms with Gasteiger partial charge in [0.25, 0.3) is 0 Å². The number of carboxylic acids is 1. The first-order valence-corrected chi connectivity index (χ1v) is 8.94. The third-order valence-electron chi connectivity index (χ3n) is 5.57. The molecule has 0 bridgehead atoms. The molecule has 0 unspecified atom stereocenters. The topological polar surface area (TPSA) is 72.8 Å². The lowest BCUT2D eigenvalue weighted by atomic mass is 9.71. The van der Waals surface area contributed by atoms with Crippen LogP contribution >= 0.6 is 0 Å². The number of benzene rings is 1. The molecule has 1 heterocycles. The normalized spacial score (nSPS) is 25.4. The van der Waals surface area contributed by atoms with Gasteiger partial charge < -0.3 is 14.6 Å². The van der Waals surface area contributed by atoms with Crippen molar-refractivity contribution in [2.45, 2.75) is 38.7 Å². The summed E-state index contributed by atoms with van der Waals surface area (Å²) in [7, 11) is 0. The molecule has 2 aliphatic rings. The van der Waals surface area contributed by atoms with Gasteiger partial charge in [0.2, 0.25) is 0 Å². The minimum atomic E-state index is -1.09. The summed E-state index contributed by atoms with van der Waals surface area (Å²) in [6, 6.07) is 2.63. The Balaban J connectivity index is 1.93. The van der Waals surface area contributed by atoms with E-state index >= 15 is 0 Å². The number of carbonyl (C=O) groups excluding carboxylic acids is 1. The van der Waals surface area contributed by atoms with Crippen molar-refractivity contribution < 1.29 is 28.6 Å². The van der Waals surface area contributed by atoms with Gasteiger partial charge >= 0.3 is 5.97 Å². The van der Waals surface area contributed by atoms with Crippen LogP contribution in [0.15, 0.2) is 36.6 Å². The van der Waals surface area contributed by atoms with Crippen LogP contribution in [0.2, 0.25) is 0 Å². The summed E-state index contributed by atoms with van der Waals surface area (Å²) in [6.07, 6.45) is 4.42. The summed E-state index contributed by atoms with van der Waals surface area (Å²) in [6.45, 7) is 7.22. The molecule has 0 aromatic heterocycles. The highest BCUT2D eigenvalue weighted by Crippen LogP contribution is 2.46. The van der Waals surface area contributed by atoms with Crippen molar-refractivity contribution in [2.75, 3.05) is 6.79 Å². The molecule has 0 radical (unpaired) electrons. The number of aryl methyl sites for hydroxylation is 1. The number of hydrogen-bond donors (Lipinski definition) is 1. The number of carboxylic acid groups (broad SMARTS) is 1. The Morgan fingerprint density at radius 2 is 2.26 bits per heavy atom. The summed E-state index contributed by atoms with van der Waals surface area (Å²) in [4.78, 5) is 23.7. The number of ether oxygens (including phenoxy) is 2. The van der Waals surface area contributed by atoms with E-state index in [0.717, 1.165) is 0 Å². The van der Waals surface area contributed by atoms with E-state index in [1.54, 1.807) is 13.0 Å². The zero-order chi connectivity index (χ0) is 19.8. The molecule has 1 aliphatic heterocycles. The third kappa shape index (κ3) is 3.41. The fourth-order valence-electron chi connectivity index (χ4n) is 4.01. The second kappa shape index (κ2) is 7.27. The number of aromatic carboxylic acids is 1. The Labute approximate surface area is 157 Å². The molecule has 1 aromatic rings. The molecule has 1 fully saturated rings. The number of allylic oxidation sites excluding steroid dienone is 2. The van der Waals surface area contributed by atoms with Crippen molar-refractivity contribution in [3.05, 3.63) is 59.1 Å². The van der Waals surface area contributed by atoms with Gasteiger partial charge in [-0.15, -0.1) is 6.58 Å². The molecule has 1 saturated heterocycles. The summed E-state index contributed by atoms with van der Waals surface area (Å²) >= 11 is 0. The van der Waals surface area contributed by atoms with Crippen LogP contribution < -0.4 is 0 Å². The number of halogens is 1. The minimum Gasteiger partial charge on any atom is -0.478 e. The Bertz CT molecular complexity index is 828. The number of hydrogen-bond acceptors (Lipinski definition) is 4. The molecule has 144 valence electrons. The third-order valence-corrected chi connectivity index (χ3v) is 5.57. The van der Waals surface area contributed by atoms with Crippen LogP contribution in [0, 0.1) is 24.6 Å². The van der Waals surface area contributed by atoms with Crippen molar-refractivity contribution in [2.24, 2.45) is 11.8 Å². The fraction of sp³-hybridized carbons (Fsp3) is 0.429. The van der Waals surface area contributed by atoms with Gasteiger partial charge in [-0.2, -0.15) is 0 Å². The van der Waals surface area contributed by atoms with Crippen LogP contribution in [0.1, 0.15) is 41.3 Å². The Kier molecular flexibility index (Phi) is 5.20. The van der Waals surface area contributed by atoms with E-state index in [2.05, 4.69) is 6.58 Å². The molecule has 1 aromatic carbocycles. The smallest absolute Gasteiger partial charge is 0.335 e. The van der Waals surface area contributed by atoms with E-state index in [1.165, 1.54) is 18.2 Å². The van der Waals surface area contributed by atoms with E-state index in [-0.39, 0.29) is 36.4 Å². The van der Waals surface area contributed by atoms with Crippen molar-refractivity contribution in [1.29, 1.82) is 0 Å². The molecule has 0 spiro atoms. The van der Waals surface area contributed by atoms with Gasteiger partial charge in [-0.05, 0) is 55.4 Å². The van der Waals surface area contributed by atoms with Crippen molar-refractivity contribution in [1.82, 2.24) is 0 Å². The van der Waals surface area contributed by atoms with E-state index < -0.39 is 17.4 Å². The summed E-state index contributed by atoms with van der Waals surface area (Å²) in [5.41, 5.74) is -0.0434. The van der Waals surface area contributed by atoms with Gasteiger partial charge in [0.05, 0.1) is 5.56 Å². The molecule has 0 saturated carbocycles. The van der Waals surface area contributed by atoms with Crippen LogP contribution in [-0.2, 0) is 20.7 Å². The summed E-state index contributed by atoms with van der Waals surface area (Å²) < 4.78 is 25.9. The second-order valence-electron chi connectivity index (χ2n) is 7.30. The van der Waals surface area contributed by atoms with Crippen LogP contribution in [0.4, 0.5) is 4.39 Å². The van der Waals surface area contributed by atoms with Crippen molar-refractivity contribution >= 4 is 11.8 Å². The molecule has 3 atom stereocenters. The molecule has 0 amide bonds. The van der Waals surface area contributed by atoms with Gasteiger partial charge in [0, 0.05) is 12.0 Å². The Morgan fingerprint density at radius 3 is 2.93 bits per heavy atom. The molecule has 3 rings (SSSR count). The highest BCUT2D eigenvalue weighted by molar-refractivity contribution is 5.94. The van der Waals surface area contributed by atoms with Gasteiger partial charge in [0.1, 0.15) is 17.2 Å². The Morgan fingerprint density at radius 1 is 1.52 bits per heavy atom. The summed E-state index contributed by atoms with van der Waals surface area (Å²) in [5, 5.41) is 9.31. The molecule has 1 N–H and O–H groups in total.